The van der Waals surface area contributed by atoms with Crippen LogP contribution in [0.2, 0.25) is 0 Å². The molecule has 108 valence electrons. The monoisotopic (exact) mass is 289 g/mol. The van der Waals surface area contributed by atoms with E-state index in [2.05, 4.69) is 10.6 Å². The highest BCUT2D eigenvalue weighted by atomic mass is 32.2. The number of carbonyl (C=O) groups excluding carboxylic acids is 2. The van der Waals surface area contributed by atoms with Crippen LogP contribution in [0.1, 0.15) is 12.8 Å². The van der Waals surface area contributed by atoms with E-state index in [4.69, 9.17) is 0 Å². The van der Waals surface area contributed by atoms with Crippen molar-refractivity contribution in [2.24, 2.45) is 0 Å². The number of hydrogen-bond donors (Lipinski definition) is 2. The summed E-state index contributed by atoms with van der Waals surface area (Å²) in [4.78, 5) is 25.0. The minimum atomic E-state index is -3.04. The van der Waals surface area contributed by atoms with E-state index in [1.54, 1.807) is 11.9 Å². The van der Waals surface area contributed by atoms with Crippen LogP contribution < -0.4 is 10.6 Å². The Balaban J connectivity index is 1.83. The fraction of sp³-hybridized carbons (Fsp3) is 0.818. The fourth-order valence-corrected chi connectivity index (χ4v) is 3.88. The Morgan fingerprint density at radius 2 is 2.26 bits per heavy atom. The molecule has 7 nitrogen and oxygen atoms in total. The van der Waals surface area contributed by atoms with Crippen molar-refractivity contribution in [3.63, 3.8) is 0 Å². The van der Waals surface area contributed by atoms with Gasteiger partial charge in [0, 0.05) is 32.6 Å². The second kappa shape index (κ2) is 5.46. The molecule has 8 heteroatoms. The van der Waals surface area contributed by atoms with Crippen molar-refractivity contribution in [1.29, 1.82) is 0 Å². The molecule has 0 saturated carbocycles. The summed E-state index contributed by atoms with van der Waals surface area (Å²) in [6.07, 6.45) is 0.699. The topological polar surface area (TPSA) is 95.6 Å². The molecule has 0 radical (unpaired) electrons. The number of amides is 2. The number of likely N-dealkylation sites (tertiary alicyclic amines) is 1. The molecule has 2 atom stereocenters. The number of nitrogens with zero attached hydrogens (tertiary/aromatic N) is 1. The Morgan fingerprint density at radius 3 is 2.84 bits per heavy atom. The largest absolute Gasteiger partial charge is 0.344 e. The number of carbonyl (C=O) groups is 2. The number of rotatable bonds is 3. The van der Waals surface area contributed by atoms with Crippen LogP contribution in [0.15, 0.2) is 0 Å². The van der Waals surface area contributed by atoms with Gasteiger partial charge < -0.3 is 15.5 Å². The number of nitrogens with one attached hydrogen (secondary N) is 2. The van der Waals surface area contributed by atoms with Gasteiger partial charge in [-0.15, -0.1) is 0 Å². The van der Waals surface area contributed by atoms with Gasteiger partial charge in [-0.25, -0.2) is 8.42 Å². The summed E-state index contributed by atoms with van der Waals surface area (Å²) < 4.78 is 22.9. The molecule has 2 rings (SSSR count). The van der Waals surface area contributed by atoms with Gasteiger partial charge in [-0.05, 0) is 6.42 Å². The summed E-state index contributed by atoms with van der Waals surface area (Å²) in [7, 11) is -1.34. The first kappa shape index (κ1) is 14.3. The summed E-state index contributed by atoms with van der Waals surface area (Å²) >= 11 is 0. The smallest absolute Gasteiger partial charge is 0.244 e. The van der Waals surface area contributed by atoms with Gasteiger partial charge in [0.2, 0.25) is 11.8 Å². The molecule has 2 amide bonds. The minimum Gasteiger partial charge on any atom is -0.344 e. The molecular formula is C11H19N3O4S. The lowest BCUT2D eigenvalue weighted by Gasteiger charge is -2.23. The van der Waals surface area contributed by atoms with E-state index in [1.165, 1.54) is 0 Å². The second-order valence-corrected chi connectivity index (χ2v) is 7.37. The normalized spacial score (nSPS) is 30.4. The first-order valence-corrected chi connectivity index (χ1v) is 8.18. The van der Waals surface area contributed by atoms with Crippen LogP contribution in [0.25, 0.3) is 0 Å². The van der Waals surface area contributed by atoms with E-state index < -0.39 is 15.9 Å². The predicted molar refractivity (Wildman–Crippen MR) is 69.2 cm³/mol. The highest BCUT2D eigenvalue weighted by Gasteiger charge is 2.31. The first-order chi connectivity index (χ1) is 8.87. The Bertz CT molecular complexity index is 476. The molecule has 0 spiro atoms. The Kier molecular flexibility index (Phi) is 4.10. The van der Waals surface area contributed by atoms with Crippen LogP contribution in [-0.4, -0.2) is 68.9 Å². The molecule has 0 bridgehead atoms. The van der Waals surface area contributed by atoms with Crippen molar-refractivity contribution in [2.75, 3.05) is 31.6 Å². The van der Waals surface area contributed by atoms with E-state index in [-0.39, 0.29) is 35.8 Å². The van der Waals surface area contributed by atoms with Gasteiger partial charge in [0.25, 0.3) is 0 Å². The van der Waals surface area contributed by atoms with Crippen molar-refractivity contribution >= 4 is 21.7 Å². The van der Waals surface area contributed by atoms with Gasteiger partial charge >= 0.3 is 0 Å². The molecule has 2 fully saturated rings. The van der Waals surface area contributed by atoms with Gasteiger partial charge in [-0.1, -0.05) is 0 Å². The summed E-state index contributed by atoms with van der Waals surface area (Å²) in [5.41, 5.74) is 0. The predicted octanol–water partition coefficient (Wildman–Crippen LogP) is -1.89. The molecular weight excluding hydrogens is 270 g/mol. The fourth-order valence-electron chi connectivity index (χ4n) is 2.43. The molecule has 0 aromatic carbocycles. The molecule has 0 aliphatic carbocycles. The van der Waals surface area contributed by atoms with Gasteiger partial charge in [0.15, 0.2) is 9.84 Å². The van der Waals surface area contributed by atoms with Crippen LogP contribution in [-0.2, 0) is 19.4 Å². The SMILES string of the molecule is CN1CCC(NC(=O)CC2CS(=O)(=O)CCN2)C1=O. The van der Waals surface area contributed by atoms with Crippen LogP contribution in [0.5, 0.6) is 0 Å². The third-order valence-corrected chi connectivity index (χ3v) is 5.23. The van der Waals surface area contributed by atoms with Crippen LogP contribution in [0.3, 0.4) is 0 Å². The molecule has 2 aliphatic rings. The summed E-state index contributed by atoms with van der Waals surface area (Å²) in [5.74, 6) is -0.253. The molecule has 2 unspecified atom stereocenters. The Morgan fingerprint density at radius 1 is 1.53 bits per heavy atom. The van der Waals surface area contributed by atoms with E-state index in [0.29, 0.717) is 19.5 Å². The number of hydrogen-bond acceptors (Lipinski definition) is 5. The Hall–Kier alpha value is -1.15. The van der Waals surface area contributed by atoms with Crippen molar-refractivity contribution in [2.45, 2.75) is 24.9 Å². The minimum absolute atomic E-state index is 0.0149. The van der Waals surface area contributed by atoms with Crippen molar-refractivity contribution in [1.82, 2.24) is 15.5 Å². The molecule has 0 aromatic heterocycles. The number of likely N-dealkylation sites (N-methyl/N-ethyl adjacent to an activating group) is 1. The van der Waals surface area contributed by atoms with Crippen LogP contribution in [0, 0.1) is 0 Å². The average molecular weight is 289 g/mol. The van der Waals surface area contributed by atoms with Crippen molar-refractivity contribution in [3.8, 4) is 0 Å². The number of sulfone groups is 1. The highest BCUT2D eigenvalue weighted by molar-refractivity contribution is 7.91. The van der Waals surface area contributed by atoms with Crippen molar-refractivity contribution in [3.05, 3.63) is 0 Å². The van der Waals surface area contributed by atoms with Gasteiger partial charge in [-0.3, -0.25) is 9.59 Å². The van der Waals surface area contributed by atoms with Crippen molar-refractivity contribution < 1.29 is 18.0 Å². The molecule has 19 heavy (non-hydrogen) atoms. The van der Waals surface area contributed by atoms with Gasteiger partial charge in [-0.2, -0.15) is 0 Å². The lowest BCUT2D eigenvalue weighted by atomic mass is 10.2. The molecule has 2 aliphatic heterocycles. The zero-order valence-electron chi connectivity index (χ0n) is 10.9. The second-order valence-electron chi connectivity index (χ2n) is 5.14. The standard InChI is InChI=1S/C11H19N3O4S/c1-14-4-2-9(11(14)16)13-10(15)6-8-7-19(17,18)5-3-12-8/h8-9,12H,2-7H2,1H3,(H,13,15). The first-order valence-electron chi connectivity index (χ1n) is 6.35. The van der Waals surface area contributed by atoms with E-state index in [0.717, 1.165) is 0 Å². The average Bonchev–Trinajstić information content (AvgIpc) is 2.59. The quantitative estimate of drug-likeness (QED) is 0.633. The molecule has 0 aromatic rings. The highest BCUT2D eigenvalue weighted by Crippen LogP contribution is 2.10. The van der Waals surface area contributed by atoms with E-state index in [9.17, 15) is 18.0 Å². The lowest BCUT2D eigenvalue weighted by Crippen LogP contribution is -2.49. The van der Waals surface area contributed by atoms with E-state index in [1.807, 2.05) is 0 Å². The summed E-state index contributed by atoms with van der Waals surface area (Å²) in [5, 5.41) is 5.68. The van der Waals surface area contributed by atoms with Gasteiger partial charge in [0.1, 0.15) is 6.04 Å². The Labute approximate surface area is 112 Å². The molecule has 2 saturated heterocycles. The van der Waals surface area contributed by atoms with Gasteiger partial charge in [0.05, 0.1) is 11.5 Å². The zero-order valence-corrected chi connectivity index (χ0v) is 11.7. The van der Waals surface area contributed by atoms with Crippen LogP contribution in [0.4, 0.5) is 0 Å². The lowest BCUT2D eigenvalue weighted by molar-refractivity contribution is -0.131. The maximum atomic E-state index is 11.8. The summed E-state index contributed by atoms with van der Waals surface area (Å²) in [6, 6.07) is -0.814. The molecule has 2 heterocycles. The zero-order chi connectivity index (χ0) is 14.0. The third kappa shape index (κ3) is 3.66. The van der Waals surface area contributed by atoms with Crippen LogP contribution >= 0.6 is 0 Å². The third-order valence-electron chi connectivity index (χ3n) is 3.50. The molecule has 2 N–H and O–H groups in total. The maximum absolute atomic E-state index is 11.8. The summed E-state index contributed by atoms with van der Waals surface area (Å²) in [6.45, 7) is 1.02. The van der Waals surface area contributed by atoms with E-state index >= 15 is 0 Å². The maximum Gasteiger partial charge on any atom is 0.244 e.